The molecule has 1 aliphatic rings. The summed E-state index contributed by atoms with van der Waals surface area (Å²) in [6.07, 6.45) is 0. The van der Waals surface area contributed by atoms with Crippen LogP contribution in [-0.2, 0) is 9.84 Å². The smallest absolute Gasteiger partial charge is 0.154 e. The fraction of sp³-hybridized carbons (Fsp3) is 0.538. The molecule has 0 bridgehead atoms. The van der Waals surface area contributed by atoms with Crippen LogP contribution in [0.25, 0.3) is 0 Å². The summed E-state index contributed by atoms with van der Waals surface area (Å²) in [7, 11) is -3.25. The lowest BCUT2D eigenvalue weighted by molar-refractivity contribution is 0.212. The van der Waals surface area contributed by atoms with Crippen LogP contribution >= 0.6 is 11.6 Å². The summed E-state index contributed by atoms with van der Waals surface area (Å²) >= 11 is 5.95. The maximum absolute atomic E-state index is 12.2. The van der Waals surface area contributed by atoms with Crippen LogP contribution in [0.2, 0.25) is 5.02 Å². The van der Waals surface area contributed by atoms with Crippen molar-refractivity contribution in [3.8, 4) is 0 Å². The Hall–Kier alpha value is -0.620. The first kappa shape index (κ1) is 14.8. The SMILES string of the molecule is CCS(=O)(=O)[C@@H]1[C@H](c2cccc(Cl)c2)[C@@]1(CN)CO. The predicted octanol–water partition coefficient (Wildman–Crippen LogP) is 1.18. The third kappa shape index (κ3) is 2.29. The molecule has 1 fully saturated rings. The van der Waals surface area contributed by atoms with E-state index in [4.69, 9.17) is 17.3 Å². The lowest BCUT2D eigenvalue weighted by atomic mass is 10.0. The summed E-state index contributed by atoms with van der Waals surface area (Å²) in [6.45, 7) is 1.52. The largest absolute Gasteiger partial charge is 0.396 e. The Morgan fingerprint density at radius 2 is 2.16 bits per heavy atom. The van der Waals surface area contributed by atoms with Crippen molar-refractivity contribution < 1.29 is 13.5 Å². The Kier molecular flexibility index (Phi) is 3.93. The van der Waals surface area contributed by atoms with E-state index in [9.17, 15) is 13.5 Å². The van der Waals surface area contributed by atoms with Crippen LogP contribution in [0, 0.1) is 5.41 Å². The molecule has 0 aliphatic heterocycles. The van der Waals surface area contributed by atoms with E-state index < -0.39 is 20.5 Å². The molecular weight excluding hydrogens is 286 g/mol. The Morgan fingerprint density at radius 3 is 2.63 bits per heavy atom. The number of rotatable bonds is 5. The lowest BCUT2D eigenvalue weighted by Crippen LogP contribution is -2.28. The quantitative estimate of drug-likeness (QED) is 0.856. The zero-order chi connectivity index (χ0) is 14.3. The number of hydrogen-bond donors (Lipinski definition) is 2. The molecule has 4 nitrogen and oxygen atoms in total. The maximum Gasteiger partial charge on any atom is 0.154 e. The van der Waals surface area contributed by atoms with Crippen molar-refractivity contribution in [3.05, 3.63) is 34.9 Å². The predicted molar refractivity (Wildman–Crippen MR) is 76.0 cm³/mol. The second-order valence-corrected chi connectivity index (χ2v) is 7.85. The van der Waals surface area contributed by atoms with Gasteiger partial charge in [0.25, 0.3) is 0 Å². The van der Waals surface area contributed by atoms with Gasteiger partial charge >= 0.3 is 0 Å². The van der Waals surface area contributed by atoms with E-state index in [2.05, 4.69) is 0 Å². The van der Waals surface area contributed by atoms with Gasteiger partial charge in [-0.3, -0.25) is 0 Å². The highest BCUT2D eigenvalue weighted by molar-refractivity contribution is 7.92. The minimum absolute atomic E-state index is 0.0521. The Labute approximate surface area is 118 Å². The van der Waals surface area contributed by atoms with Crippen LogP contribution in [0.4, 0.5) is 0 Å². The molecule has 3 atom stereocenters. The van der Waals surface area contributed by atoms with E-state index in [0.717, 1.165) is 5.56 Å². The van der Waals surface area contributed by atoms with Crippen LogP contribution in [0.5, 0.6) is 0 Å². The molecule has 0 saturated heterocycles. The summed E-state index contributed by atoms with van der Waals surface area (Å²) in [4.78, 5) is 0. The molecule has 19 heavy (non-hydrogen) atoms. The number of benzene rings is 1. The summed E-state index contributed by atoms with van der Waals surface area (Å²) in [5.41, 5.74) is 5.79. The van der Waals surface area contributed by atoms with Crippen molar-refractivity contribution >= 4 is 21.4 Å². The minimum atomic E-state index is -3.25. The zero-order valence-corrected chi connectivity index (χ0v) is 12.3. The fourth-order valence-corrected chi connectivity index (χ4v) is 5.26. The first-order chi connectivity index (χ1) is 8.93. The zero-order valence-electron chi connectivity index (χ0n) is 10.7. The summed E-state index contributed by atoms with van der Waals surface area (Å²) < 4.78 is 24.3. The Morgan fingerprint density at radius 1 is 1.47 bits per heavy atom. The minimum Gasteiger partial charge on any atom is -0.396 e. The van der Waals surface area contributed by atoms with Gasteiger partial charge in [-0.1, -0.05) is 30.7 Å². The molecular formula is C13H18ClNO3S. The molecule has 0 spiro atoms. The van der Waals surface area contributed by atoms with Gasteiger partial charge in [-0.05, 0) is 17.7 Å². The third-order valence-corrected chi connectivity index (χ3v) is 6.61. The van der Waals surface area contributed by atoms with Crippen molar-refractivity contribution in [2.24, 2.45) is 11.1 Å². The highest BCUT2D eigenvalue weighted by Gasteiger charge is 2.69. The number of halogens is 1. The first-order valence-electron chi connectivity index (χ1n) is 6.21. The second kappa shape index (κ2) is 5.05. The van der Waals surface area contributed by atoms with Gasteiger partial charge in [0.2, 0.25) is 0 Å². The van der Waals surface area contributed by atoms with Crippen LogP contribution in [0.15, 0.2) is 24.3 Å². The molecule has 1 aromatic carbocycles. The Balaban J connectivity index is 2.45. The van der Waals surface area contributed by atoms with Gasteiger partial charge in [0.15, 0.2) is 9.84 Å². The van der Waals surface area contributed by atoms with E-state index in [1.165, 1.54) is 0 Å². The van der Waals surface area contributed by atoms with Gasteiger partial charge in [0, 0.05) is 28.7 Å². The van der Waals surface area contributed by atoms with E-state index in [-0.39, 0.29) is 24.8 Å². The molecule has 0 radical (unpaired) electrons. The van der Waals surface area contributed by atoms with Crippen LogP contribution < -0.4 is 5.73 Å². The summed E-state index contributed by atoms with van der Waals surface area (Å²) in [5.74, 6) is -0.220. The average Bonchev–Trinajstić information content (AvgIpc) is 3.09. The van der Waals surface area contributed by atoms with Gasteiger partial charge in [0.05, 0.1) is 11.9 Å². The summed E-state index contributed by atoms with van der Waals surface area (Å²) in [5, 5.41) is 9.55. The molecule has 0 unspecified atom stereocenters. The van der Waals surface area contributed by atoms with Crippen molar-refractivity contribution in [2.45, 2.75) is 18.1 Å². The number of aliphatic hydroxyl groups excluding tert-OH is 1. The number of nitrogens with two attached hydrogens (primary N) is 1. The molecule has 0 heterocycles. The van der Waals surface area contributed by atoms with Gasteiger partial charge in [-0.15, -0.1) is 0 Å². The molecule has 1 aliphatic carbocycles. The van der Waals surface area contributed by atoms with Crippen molar-refractivity contribution in [3.63, 3.8) is 0 Å². The molecule has 0 amide bonds. The summed E-state index contributed by atoms with van der Waals surface area (Å²) in [6, 6.07) is 7.10. The highest BCUT2D eigenvalue weighted by atomic mass is 35.5. The topological polar surface area (TPSA) is 80.4 Å². The highest BCUT2D eigenvalue weighted by Crippen LogP contribution is 2.62. The van der Waals surface area contributed by atoms with Crippen LogP contribution in [0.1, 0.15) is 18.4 Å². The molecule has 1 saturated carbocycles. The lowest BCUT2D eigenvalue weighted by Gasteiger charge is -2.11. The van der Waals surface area contributed by atoms with Gasteiger partial charge in [-0.2, -0.15) is 0 Å². The second-order valence-electron chi connectivity index (χ2n) is 5.00. The number of aliphatic hydroxyl groups is 1. The maximum atomic E-state index is 12.2. The van der Waals surface area contributed by atoms with Gasteiger partial charge < -0.3 is 10.8 Å². The molecule has 2 rings (SSSR count). The number of hydrogen-bond acceptors (Lipinski definition) is 4. The molecule has 106 valence electrons. The molecule has 6 heteroatoms. The molecule has 0 aromatic heterocycles. The van der Waals surface area contributed by atoms with Crippen LogP contribution in [0.3, 0.4) is 0 Å². The van der Waals surface area contributed by atoms with Gasteiger partial charge in [0.1, 0.15) is 0 Å². The fourth-order valence-electron chi connectivity index (χ4n) is 2.90. The van der Waals surface area contributed by atoms with E-state index >= 15 is 0 Å². The van der Waals surface area contributed by atoms with Crippen LogP contribution in [-0.4, -0.2) is 37.7 Å². The van der Waals surface area contributed by atoms with Crippen molar-refractivity contribution in [2.75, 3.05) is 18.9 Å². The number of sulfone groups is 1. The molecule has 1 aromatic rings. The Bertz CT molecular complexity index is 569. The normalized spacial score (nSPS) is 30.3. The standard InChI is InChI=1S/C13H18ClNO3S/c1-2-19(17,18)12-11(13(12,7-15)8-16)9-4-3-5-10(14)6-9/h3-6,11-12,16H,2,7-8,15H2,1H3/t11-,12+,13+/m0/s1. The average molecular weight is 304 g/mol. The van der Waals surface area contributed by atoms with Crippen molar-refractivity contribution in [1.82, 2.24) is 0 Å². The van der Waals surface area contributed by atoms with E-state index in [1.54, 1.807) is 25.1 Å². The van der Waals surface area contributed by atoms with E-state index in [1.807, 2.05) is 6.07 Å². The molecule has 3 N–H and O–H groups in total. The van der Waals surface area contributed by atoms with E-state index in [0.29, 0.717) is 5.02 Å². The third-order valence-electron chi connectivity index (χ3n) is 4.05. The first-order valence-corrected chi connectivity index (χ1v) is 8.30. The van der Waals surface area contributed by atoms with Crippen molar-refractivity contribution in [1.29, 1.82) is 0 Å². The van der Waals surface area contributed by atoms with Gasteiger partial charge in [-0.25, -0.2) is 8.42 Å². The monoisotopic (exact) mass is 303 g/mol.